The van der Waals surface area contributed by atoms with Crippen LogP contribution in [0.15, 0.2) is 0 Å². The van der Waals surface area contributed by atoms with E-state index >= 15 is 0 Å². The first kappa shape index (κ1) is 17.3. The van der Waals surface area contributed by atoms with Crippen molar-refractivity contribution >= 4 is 37.4 Å². The van der Waals surface area contributed by atoms with E-state index in [1.165, 1.54) is 0 Å². The summed E-state index contributed by atoms with van der Waals surface area (Å²) in [5.74, 6) is 1.13. The number of hydrogen-bond acceptors (Lipinski definition) is 3. The van der Waals surface area contributed by atoms with Gasteiger partial charge < -0.3 is 0 Å². The minimum absolute atomic E-state index is 0.218. The van der Waals surface area contributed by atoms with Crippen LogP contribution in [0.2, 0.25) is 5.02 Å². The number of hydrogen-bond donors (Lipinski definition) is 0. The van der Waals surface area contributed by atoms with Crippen molar-refractivity contribution in [3.63, 3.8) is 0 Å². The van der Waals surface area contributed by atoms with Gasteiger partial charge in [-0.25, -0.2) is 8.42 Å². The third kappa shape index (κ3) is 3.82. The Bertz CT molecular complexity index is 600. The Morgan fingerprint density at radius 2 is 2.19 bits per heavy atom. The second kappa shape index (κ2) is 7.01. The molecule has 1 aliphatic rings. The lowest BCUT2D eigenvalue weighted by molar-refractivity contribution is 0.391. The van der Waals surface area contributed by atoms with Crippen LogP contribution in [0.5, 0.6) is 0 Å². The molecule has 1 aromatic rings. The highest BCUT2D eigenvalue weighted by Gasteiger charge is 2.34. The number of halogens is 2. The summed E-state index contributed by atoms with van der Waals surface area (Å²) in [5, 5.41) is 6.09. The second-order valence-electron chi connectivity index (χ2n) is 5.66. The van der Waals surface area contributed by atoms with E-state index in [2.05, 4.69) is 28.0 Å². The highest BCUT2D eigenvalue weighted by Crippen LogP contribution is 2.32. The van der Waals surface area contributed by atoms with Crippen molar-refractivity contribution in [1.82, 2.24) is 9.78 Å². The number of aromatic nitrogens is 2. The third-order valence-electron chi connectivity index (χ3n) is 4.28. The van der Waals surface area contributed by atoms with E-state index in [-0.39, 0.29) is 11.8 Å². The molecule has 2 atom stereocenters. The van der Waals surface area contributed by atoms with E-state index in [0.29, 0.717) is 11.5 Å². The van der Waals surface area contributed by atoms with E-state index in [1.54, 1.807) is 0 Å². The molecule has 0 radical (unpaired) electrons. The van der Waals surface area contributed by atoms with Crippen LogP contribution in [-0.4, -0.2) is 35.0 Å². The van der Waals surface area contributed by atoms with Crippen LogP contribution in [0, 0.1) is 11.8 Å². The lowest BCUT2D eigenvalue weighted by atomic mass is 9.89. The predicted octanol–water partition coefficient (Wildman–Crippen LogP) is 3.11. The van der Waals surface area contributed by atoms with Crippen LogP contribution in [0.3, 0.4) is 0 Å². The molecule has 21 heavy (non-hydrogen) atoms. The molecule has 1 aromatic heterocycles. The third-order valence-corrected chi connectivity index (χ3v) is 7.34. The Balaban J connectivity index is 2.21. The van der Waals surface area contributed by atoms with Gasteiger partial charge in [0, 0.05) is 11.9 Å². The zero-order valence-corrected chi connectivity index (χ0v) is 15.6. The van der Waals surface area contributed by atoms with Crippen LogP contribution < -0.4 is 0 Å². The van der Waals surface area contributed by atoms with Crippen molar-refractivity contribution in [1.29, 1.82) is 0 Å². The summed E-state index contributed by atoms with van der Waals surface area (Å²) in [6, 6.07) is 0. The number of aryl methyl sites for hydroxylation is 2. The van der Waals surface area contributed by atoms with Gasteiger partial charge in [0.2, 0.25) is 0 Å². The van der Waals surface area contributed by atoms with Crippen LogP contribution in [-0.2, 0) is 29.2 Å². The summed E-state index contributed by atoms with van der Waals surface area (Å²) in [6.07, 6.45) is 2.36. The van der Waals surface area contributed by atoms with Gasteiger partial charge in [-0.3, -0.25) is 4.68 Å². The first-order valence-electron chi connectivity index (χ1n) is 7.42. The topological polar surface area (TPSA) is 52.0 Å². The molecule has 4 nitrogen and oxygen atoms in total. The van der Waals surface area contributed by atoms with Crippen LogP contribution in [0.25, 0.3) is 0 Å². The fourth-order valence-corrected chi connectivity index (χ4v) is 6.03. The molecular formula is C14H22BrClN2O2S. The molecule has 120 valence electrons. The normalized spacial score (nSPS) is 22.6. The smallest absolute Gasteiger partial charge is 0.150 e. The Morgan fingerprint density at radius 3 is 2.67 bits per heavy atom. The average molecular weight is 398 g/mol. The van der Waals surface area contributed by atoms with Crippen molar-refractivity contribution in [2.45, 2.75) is 39.7 Å². The van der Waals surface area contributed by atoms with E-state index in [4.69, 9.17) is 11.6 Å². The zero-order chi connectivity index (χ0) is 15.6. The molecule has 0 spiro atoms. The second-order valence-corrected chi connectivity index (χ2v) is 8.91. The summed E-state index contributed by atoms with van der Waals surface area (Å²) in [7, 11) is -2.84. The van der Waals surface area contributed by atoms with Gasteiger partial charge in [0.15, 0.2) is 9.84 Å². The molecule has 0 bridgehead atoms. The zero-order valence-electron chi connectivity index (χ0n) is 12.5. The van der Waals surface area contributed by atoms with Crippen molar-refractivity contribution in [3.05, 3.63) is 16.4 Å². The van der Waals surface area contributed by atoms with Crippen LogP contribution in [0.4, 0.5) is 0 Å². The van der Waals surface area contributed by atoms with Gasteiger partial charge >= 0.3 is 0 Å². The van der Waals surface area contributed by atoms with E-state index < -0.39 is 9.84 Å². The summed E-state index contributed by atoms with van der Waals surface area (Å²) in [6.45, 7) is 4.88. The Hall–Kier alpha value is -0.0700. The molecule has 2 heterocycles. The van der Waals surface area contributed by atoms with Crippen molar-refractivity contribution in [3.8, 4) is 0 Å². The van der Waals surface area contributed by atoms with Crippen LogP contribution in [0.1, 0.15) is 31.7 Å². The van der Waals surface area contributed by atoms with Gasteiger partial charge in [-0.15, -0.1) is 0 Å². The quantitative estimate of drug-likeness (QED) is 0.693. The highest BCUT2D eigenvalue weighted by atomic mass is 79.9. The maximum absolute atomic E-state index is 11.7. The maximum atomic E-state index is 11.7. The first-order valence-corrected chi connectivity index (χ1v) is 10.7. The lowest BCUT2D eigenvalue weighted by Gasteiger charge is -2.20. The van der Waals surface area contributed by atoms with Gasteiger partial charge in [0.05, 0.1) is 27.9 Å². The monoisotopic (exact) mass is 396 g/mol. The van der Waals surface area contributed by atoms with Crippen molar-refractivity contribution in [2.75, 3.05) is 16.8 Å². The SMILES string of the molecule is CCc1nn(CC)c(CC(CBr)C2CCS(=O)(=O)C2)c1Cl. The standard InChI is InChI=1S/C14H22BrClN2O2S/c1-3-12-14(16)13(18(4-2)17-12)7-11(8-15)10-5-6-21(19,20)9-10/h10-11H,3-9H2,1-2H3. The molecule has 0 N–H and O–H groups in total. The van der Waals surface area contributed by atoms with Gasteiger partial charge in [-0.2, -0.15) is 5.10 Å². The molecule has 1 aliphatic heterocycles. The molecule has 0 aromatic carbocycles. The Labute approximate surface area is 140 Å². The van der Waals surface area contributed by atoms with E-state index in [1.807, 2.05) is 11.6 Å². The molecule has 7 heteroatoms. The molecule has 1 fully saturated rings. The molecule has 0 amide bonds. The minimum Gasteiger partial charge on any atom is -0.268 e. The number of nitrogens with zero attached hydrogens (tertiary/aromatic N) is 2. The molecule has 0 saturated carbocycles. The largest absolute Gasteiger partial charge is 0.268 e. The summed E-state index contributed by atoms with van der Waals surface area (Å²) < 4.78 is 25.3. The first-order chi connectivity index (χ1) is 9.91. The summed E-state index contributed by atoms with van der Waals surface area (Å²) in [4.78, 5) is 0. The number of sulfone groups is 1. The van der Waals surface area contributed by atoms with E-state index in [0.717, 1.165) is 47.5 Å². The maximum Gasteiger partial charge on any atom is 0.150 e. The minimum atomic E-state index is -2.84. The van der Waals surface area contributed by atoms with Crippen molar-refractivity contribution < 1.29 is 8.42 Å². The van der Waals surface area contributed by atoms with Gasteiger partial charge in [0.25, 0.3) is 0 Å². The Morgan fingerprint density at radius 1 is 1.48 bits per heavy atom. The Kier molecular flexibility index (Phi) is 5.77. The summed E-state index contributed by atoms with van der Waals surface area (Å²) >= 11 is 10.0. The molecule has 0 aliphatic carbocycles. The van der Waals surface area contributed by atoms with Crippen molar-refractivity contribution in [2.24, 2.45) is 11.8 Å². The van der Waals surface area contributed by atoms with Gasteiger partial charge in [-0.1, -0.05) is 34.5 Å². The lowest BCUT2D eigenvalue weighted by Crippen LogP contribution is -2.21. The van der Waals surface area contributed by atoms with Crippen LogP contribution >= 0.6 is 27.5 Å². The fraction of sp³-hybridized carbons (Fsp3) is 0.786. The number of rotatable bonds is 6. The predicted molar refractivity (Wildman–Crippen MR) is 90.0 cm³/mol. The number of alkyl halides is 1. The molecule has 1 saturated heterocycles. The molecule has 2 rings (SSSR count). The van der Waals surface area contributed by atoms with Gasteiger partial charge in [-0.05, 0) is 38.0 Å². The van der Waals surface area contributed by atoms with E-state index in [9.17, 15) is 8.42 Å². The van der Waals surface area contributed by atoms with Gasteiger partial charge in [0.1, 0.15) is 0 Å². The average Bonchev–Trinajstić information content (AvgIpc) is 2.96. The molecule has 2 unspecified atom stereocenters. The highest BCUT2D eigenvalue weighted by molar-refractivity contribution is 9.09. The fourth-order valence-electron chi connectivity index (χ4n) is 3.00. The summed E-state index contributed by atoms with van der Waals surface area (Å²) in [5.41, 5.74) is 1.98. The molecular weight excluding hydrogens is 376 g/mol.